The van der Waals surface area contributed by atoms with Gasteiger partial charge in [0.1, 0.15) is 5.69 Å². The zero-order valence-corrected chi connectivity index (χ0v) is 15.5. The van der Waals surface area contributed by atoms with Crippen LogP contribution in [0.15, 0.2) is 70.2 Å². The Morgan fingerprint density at radius 2 is 2.00 bits per heavy atom. The van der Waals surface area contributed by atoms with Crippen molar-refractivity contribution in [2.75, 3.05) is 6.54 Å². The molecule has 0 radical (unpaired) electrons. The number of para-hydroxylation sites is 1. The molecule has 0 spiro atoms. The molecule has 0 aliphatic heterocycles. The van der Waals surface area contributed by atoms with Crippen LogP contribution in [0.3, 0.4) is 0 Å². The molecule has 0 unspecified atom stereocenters. The molecular formula is C21H20N4O3. The van der Waals surface area contributed by atoms with Gasteiger partial charge in [-0.1, -0.05) is 18.2 Å². The maximum absolute atomic E-state index is 12.4. The fourth-order valence-electron chi connectivity index (χ4n) is 3.27. The van der Waals surface area contributed by atoms with Crippen molar-refractivity contribution in [1.29, 1.82) is 0 Å². The van der Waals surface area contributed by atoms with Crippen molar-refractivity contribution in [1.82, 2.24) is 19.7 Å². The molecule has 3 aromatic heterocycles. The quantitative estimate of drug-likeness (QED) is 0.560. The molecule has 7 nitrogen and oxygen atoms in total. The van der Waals surface area contributed by atoms with Crippen LogP contribution in [0.5, 0.6) is 0 Å². The second-order valence-electron chi connectivity index (χ2n) is 6.57. The molecule has 0 saturated heterocycles. The number of carbonyl (C=O) groups is 1. The smallest absolute Gasteiger partial charge is 0.266 e. The SMILES string of the molecule is Cn1cc(CC(=O)NCCn2nc(-c3ccco3)ccc2=O)c2ccccc21. The van der Waals surface area contributed by atoms with E-state index in [1.807, 2.05) is 42.1 Å². The Balaban J connectivity index is 1.39. The van der Waals surface area contributed by atoms with E-state index in [9.17, 15) is 9.59 Å². The molecule has 4 aromatic rings. The molecule has 0 saturated carbocycles. The van der Waals surface area contributed by atoms with Gasteiger partial charge in [0.05, 0.1) is 19.2 Å². The highest BCUT2D eigenvalue weighted by atomic mass is 16.3. The van der Waals surface area contributed by atoms with Crippen molar-refractivity contribution in [3.63, 3.8) is 0 Å². The molecule has 0 aliphatic carbocycles. The van der Waals surface area contributed by atoms with Crippen molar-refractivity contribution in [2.45, 2.75) is 13.0 Å². The van der Waals surface area contributed by atoms with Gasteiger partial charge < -0.3 is 14.3 Å². The van der Waals surface area contributed by atoms with Crippen molar-refractivity contribution in [3.8, 4) is 11.5 Å². The minimum atomic E-state index is -0.224. The molecular weight excluding hydrogens is 356 g/mol. The normalized spacial score (nSPS) is 11.0. The molecule has 0 atom stereocenters. The molecule has 0 bridgehead atoms. The summed E-state index contributed by atoms with van der Waals surface area (Å²) in [4.78, 5) is 24.4. The molecule has 142 valence electrons. The summed E-state index contributed by atoms with van der Waals surface area (Å²) < 4.78 is 8.66. The summed E-state index contributed by atoms with van der Waals surface area (Å²) in [6, 6.07) is 14.6. The predicted molar refractivity (Wildman–Crippen MR) is 106 cm³/mol. The van der Waals surface area contributed by atoms with E-state index in [0.717, 1.165) is 16.5 Å². The third kappa shape index (κ3) is 3.59. The van der Waals surface area contributed by atoms with Crippen molar-refractivity contribution in [3.05, 3.63) is 76.9 Å². The molecule has 1 aromatic carbocycles. The summed E-state index contributed by atoms with van der Waals surface area (Å²) in [5, 5.41) is 8.23. The first-order chi connectivity index (χ1) is 13.6. The third-order valence-corrected chi connectivity index (χ3v) is 4.62. The van der Waals surface area contributed by atoms with Crippen LogP contribution in [0.4, 0.5) is 0 Å². The summed E-state index contributed by atoms with van der Waals surface area (Å²) in [6.45, 7) is 0.604. The van der Waals surface area contributed by atoms with Gasteiger partial charge in [-0.25, -0.2) is 4.68 Å². The van der Waals surface area contributed by atoms with Gasteiger partial charge in [0, 0.05) is 36.8 Å². The predicted octanol–water partition coefficient (Wildman–Crippen LogP) is 2.35. The summed E-state index contributed by atoms with van der Waals surface area (Å²) in [5.74, 6) is 0.500. The van der Waals surface area contributed by atoms with E-state index in [0.29, 0.717) is 18.0 Å². The number of fused-ring (bicyclic) bond motifs is 1. The lowest BCUT2D eigenvalue weighted by atomic mass is 10.1. The number of nitrogens with zero attached hydrogens (tertiary/aromatic N) is 3. The summed E-state index contributed by atoms with van der Waals surface area (Å²) in [6.07, 6.45) is 3.82. The lowest BCUT2D eigenvalue weighted by Gasteiger charge is -2.07. The maximum Gasteiger partial charge on any atom is 0.266 e. The Morgan fingerprint density at radius 3 is 2.82 bits per heavy atom. The molecule has 0 aliphatic rings. The van der Waals surface area contributed by atoms with Gasteiger partial charge in [-0.2, -0.15) is 5.10 Å². The number of aromatic nitrogens is 3. The summed E-state index contributed by atoms with van der Waals surface area (Å²) in [7, 11) is 1.97. The second kappa shape index (κ2) is 7.56. The Morgan fingerprint density at radius 1 is 1.14 bits per heavy atom. The van der Waals surface area contributed by atoms with Crippen LogP contribution in [-0.4, -0.2) is 26.8 Å². The third-order valence-electron chi connectivity index (χ3n) is 4.62. The Bertz CT molecular complexity index is 1170. The van der Waals surface area contributed by atoms with Gasteiger partial charge in [0.25, 0.3) is 5.56 Å². The number of furan rings is 1. The van der Waals surface area contributed by atoms with Gasteiger partial charge in [-0.3, -0.25) is 9.59 Å². The summed E-state index contributed by atoms with van der Waals surface area (Å²) in [5.41, 5.74) is 2.42. The zero-order valence-electron chi connectivity index (χ0n) is 15.5. The van der Waals surface area contributed by atoms with E-state index >= 15 is 0 Å². The van der Waals surface area contributed by atoms with E-state index < -0.39 is 0 Å². The van der Waals surface area contributed by atoms with E-state index in [1.54, 1.807) is 24.5 Å². The van der Waals surface area contributed by atoms with E-state index in [4.69, 9.17) is 4.42 Å². The van der Waals surface area contributed by atoms with Crippen LogP contribution in [0.2, 0.25) is 0 Å². The van der Waals surface area contributed by atoms with Crippen molar-refractivity contribution < 1.29 is 9.21 Å². The molecule has 3 heterocycles. The largest absolute Gasteiger partial charge is 0.463 e. The van der Waals surface area contributed by atoms with Crippen molar-refractivity contribution >= 4 is 16.8 Å². The number of rotatable bonds is 6. The van der Waals surface area contributed by atoms with E-state index in [1.165, 1.54) is 10.7 Å². The molecule has 1 amide bonds. The number of hydrogen-bond donors (Lipinski definition) is 1. The lowest BCUT2D eigenvalue weighted by molar-refractivity contribution is -0.120. The van der Waals surface area contributed by atoms with Crippen LogP contribution in [-0.2, 0) is 24.8 Å². The molecule has 0 fully saturated rings. The molecule has 28 heavy (non-hydrogen) atoms. The first kappa shape index (κ1) is 17.8. The summed E-state index contributed by atoms with van der Waals surface area (Å²) >= 11 is 0. The van der Waals surface area contributed by atoms with Crippen LogP contribution in [0.1, 0.15) is 5.56 Å². The van der Waals surface area contributed by atoms with Crippen LogP contribution < -0.4 is 10.9 Å². The van der Waals surface area contributed by atoms with Gasteiger partial charge in [0.2, 0.25) is 5.91 Å². The van der Waals surface area contributed by atoms with Gasteiger partial charge in [-0.05, 0) is 29.8 Å². The van der Waals surface area contributed by atoms with Crippen LogP contribution in [0.25, 0.3) is 22.4 Å². The average Bonchev–Trinajstić information content (AvgIpc) is 3.33. The lowest BCUT2D eigenvalue weighted by Crippen LogP contribution is -2.32. The Labute approximate surface area is 161 Å². The molecule has 7 heteroatoms. The highest BCUT2D eigenvalue weighted by molar-refractivity contribution is 5.89. The highest BCUT2D eigenvalue weighted by Crippen LogP contribution is 2.20. The topological polar surface area (TPSA) is 82.1 Å². The standard InChI is InChI=1S/C21H20N4O3/c1-24-14-15(16-5-2-3-6-18(16)24)13-20(26)22-10-11-25-21(27)9-8-17(23-25)19-7-4-12-28-19/h2-9,12,14H,10-11,13H2,1H3,(H,22,26). The Kier molecular flexibility index (Phi) is 4.80. The first-order valence-electron chi connectivity index (χ1n) is 9.03. The van der Waals surface area contributed by atoms with Gasteiger partial charge in [0.15, 0.2) is 5.76 Å². The second-order valence-corrected chi connectivity index (χ2v) is 6.57. The maximum atomic E-state index is 12.4. The fraction of sp³-hybridized carbons (Fsp3) is 0.190. The number of nitrogens with one attached hydrogen (secondary N) is 1. The number of hydrogen-bond acceptors (Lipinski definition) is 4. The fourth-order valence-corrected chi connectivity index (χ4v) is 3.27. The van der Waals surface area contributed by atoms with Crippen LogP contribution in [0, 0.1) is 0 Å². The van der Waals surface area contributed by atoms with E-state index in [2.05, 4.69) is 10.4 Å². The molecule has 4 rings (SSSR count). The highest BCUT2D eigenvalue weighted by Gasteiger charge is 2.11. The van der Waals surface area contributed by atoms with Gasteiger partial charge >= 0.3 is 0 Å². The minimum absolute atomic E-state index is 0.0911. The van der Waals surface area contributed by atoms with Gasteiger partial charge in [-0.15, -0.1) is 0 Å². The Hall–Kier alpha value is -3.61. The average molecular weight is 376 g/mol. The van der Waals surface area contributed by atoms with E-state index in [-0.39, 0.29) is 24.4 Å². The zero-order chi connectivity index (χ0) is 19.5. The minimum Gasteiger partial charge on any atom is -0.463 e. The van der Waals surface area contributed by atoms with Crippen molar-refractivity contribution in [2.24, 2.45) is 7.05 Å². The monoisotopic (exact) mass is 376 g/mol. The number of aryl methyl sites for hydroxylation is 1. The number of carbonyl (C=O) groups excluding carboxylic acids is 1. The molecule has 1 N–H and O–H groups in total. The van der Waals surface area contributed by atoms with Crippen LogP contribution >= 0.6 is 0 Å². The number of amides is 1. The first-order valence-corrected chi connectivity index (χ1v) is 9.03. The number of benzene rings is 1.